The van der Waals surface area contributed by atoms with E-state index in [-0.39, 0.29) is 30.2 Å². The second kappa shape index (κ2) is 9.35. The fourth-order valence-electron chi connectivity index (χ4n) is 4.04. The van der Waals surface area contributed by atoms with E-state index >= 15 is 0 Å². The number of benzene rings is 1. The lowest BCUT2D eigenvalue weighted by molar-refractivity contribution is -0.161. The molecule has 2 aliphatic rings. The molecule has 30 heavy (non-hydrogen) atoms. The van der Waals surface area contributed by atoms with Crippen LogP contribution in [0.4, 0.5) is 0 Å². The first kappa shape index (κ1) is 22.6. The molecule has 1 aromatic rings. The van der Waals surface area contributed by atoms with Crippen molar-refractivity contribution in [2.45, 2.75) is 45.2 Å². The summed E-state index contributed by atoms with van der Waals surface area (Å²) in [4.78, 5) is 52.4. The maximum atomic E-state index is 12.6. The number of carbonyl (C=O) groups excluding carboxylic acids is 4. The standard InChI is InChI=1S/C21H24Cl2N2O5/c1-12(25-19(27)14-5-3-4-6-15(14)20(25)28)21(29)30-11-18(26)24(2)10-13-7-8-16(22)17(23)9-13/h7-9,12,14-15H,3-6,10-11H2,1-2H3/t12-,14?,15?/m0/s1. The number of nitrogens with zero attached hydrogens (tertiary/aromatic N) is 2. The summed E-state index contributed by atoms with van der Waals surface area (Å²) in [7, 11) is 1.57. The number of likely N-dealkylation sites (tertiary alicyclic amines) is 1. The summed E-state index contributed by atoms with van der Waals surface area (Å²) in [6.07, 6.45) is 3.16. The normalized spacial score (nSPS) is 21.9. The zero-order valence-corrected chi connectivity index (χ0v) is 18.4. The zero-order chi connectivity index (χ0) is 22.0. The minimum Gasteiger partial charge on any atom is -0.454 e. The molecule has 2 fully saturated rings. The molecule has 1 aromatic carbocycles. The van der Waals surface area contributed by atoms with Crippen molar-refractivity contribution in [3.63, 3.8) is 0 Å². The van der Waals surface area contributed by atoms with E-state index in [9.17, 15) is 19.2 Å². The number of likely N-dealkylation sites (N-methyl/N-ethyl adjacent to an activating group) is 1. The Balaban J connectivity index is 1.54. The van der Waals surface area contributed by atoms with Crippen LogP contribution in [-0.2, 0) is 30.5 Å². The molecular formula is C21H24Cl2N2O5. The number of imide groups is 1. The number of ether oxygens (including phenoxy) is 1. The summed E-state index contributed by atoms with van der Waals surface area (Å²) in [6.45, 7) is 1.23. The van der Waals surface area contributed by atoms with E-state index in [0.29, 0.717) is 22.9 Å². The number of hydrogen-bond acceptors (Lipinski definition) is 5. The fraction of sp³-hybridized carbons (Fsp3) is 0.524. The van der Waals surface area contributed by atoms with Crippen molar-refractivity contribution in [1.82, 2.24) is 9.80 Å². The Morgan fingerprint density at radius 3 is 2.30 bits per heavy atom. The molecule has 1 aliphatic heterocycles. The third-order valence-corrected chi connectivity index (χ3v) is 6.51. The Labute approximate surface area is 185 Å². The lowest BCUT2D eigenvalue weighted by Crippen LogP contribution is -2.45. The van der Waals surface area contributed by atoms with Crippen LogP contribution in [0.2, 0.25) is 10.0 Å². The minimum absolute atomic E-state index is 0.259. The van der Waals surface area contributed by atoms with Crippen LogP contribution in [0.1, 0.15) is 38.2 Å². The second-order valence-corrected chi connectivity index (χ2v) is 8.64. The number of esters is 1. The van der Waals surface area contributed by atoms with E-state index < -0.39 is 24.5 Å². The molecule has 7 nitrogen and oxygen atoms in total. The van der Waals surface area contributed by atoms with Gasteiger partial charge in [0.2, 0.25) is 11.8 Å². The van der Waals surface area contributed by atoms with E-state index in [0.717, 1.165) is 23.3 Å². The zero-order valence-electron chi connectivity index (χ0n) is 16.9. The van der Waals surface area contributed by atoms with Gasteiger partial charge in [0, 0.05) is 13.6 Å². The van der Waals surface area contributed by atoms with Crippen LogP contribution in [-0.4, -0.2) is 53.2 Å². The highest BCUT2D eigenvalue weighted by Gasteiger charge is 2.51. The molecule has 3 amide bonds. The van der Waals surface area contributed by atoms with Crippen molar-refractivity contribution in [2.75, 3.05) is 13.7 Å². The first-order chi connectivity index (χ1) is 14.2. The minimum atomic E-state index is -1.05. The van der Waals surface area contributed by atoms with Gasteiger partial charge in [-0.1, -0.05) is 42.1 Å². The molecule has 1 heterocycles. The molecular weight excluding hydrogens is 431 g/mol. The van der Waals surface area contributed by atoms with Crippen LogP contribution in [0.25, 0.3) is 0 Å². The van der Waals surface area contributed by atoms with Crippen molar-refractivity contribution >= 4 is 46.9 Å². The van der Waals surface area contributed by atoms with Gasteiger partial charge in [-0.05, 0) is 37.5 Å². The SMILES string of the molecule is C[C@@H](C(=O)OCC(=O)N(C)Cc1ccc(Cl)c(Cl)c1)N1C(=O)C2CCCCC2C1=O. The van der Waals surface area contributed by atoms with Gasteiger partial charge in [0.15, 0.2) is 6.61 Å². The molecule has 9 heteroatoms. The van der Waals surface area contributed by atoms with Crippen LogP contribution in [0, 0.1) is 11.8 Å². The molecule has 0 aromatic heterocycles. The van der Waals surface area contributed by atoms with Gasteiger partial charge in [-0.3, -0.25) is 19.3 Å². The Kier molecular flexibility index (Phi) is 7.03. The number of halogens is 2. The van der Waals surface area contributed by atoms with Gasteiger partial charge in [-0.2, -0.15) is 0 Å². The fourth-order valence-corrected chi connectivity index (χ4v) is 4.36. The Morgan fingerprint density at radius 2 is 1.73 bits per heavy atom. The number of fused-ring (bicyclic) bond motifs is 1. The number of rotatable bonds is 6. The van der Waals surface area contributed by atoms with Gasteiger partial charge in [-0.25, -0.2) is 4.79 Å². The molecule has 1 saturated heterocycles. The third-order valence-electron chi connectivity index (χ3n) is 5.77. The maximum Gasteiger partial charge on any atom is 0.329 e. The summed E-state index contributed by atoms with van der Waals surface area (Å²) in [5.41, 5.74) is 0.774. The second-order valence-electron chi connectivity index (χ2n) is 7.83. The van der Waals surface area contributed by atoms with Crippen molar-refractivity contribution in [3.8, 4) is 0 Å². The molecule has 1 aliphatic carbocycles. The van der Waals surface area contributed by atoms with Crippen LogP contribution >= 0.6 is 23.2 Å². The molecule has 162 valence electrons. The predicted molar refractivity (Wildman–Crippen MR) is 111 cm³/mol. The highest BCUT2D eigenvalue weighted by molar-refractivity contribution is 6.42. The molecule has 3 atom stereocenters. The topological polar surface area (TPSA) is 84.0 Å². The lowest BCUT2D eigenvalue weighted by atomic mass is 9.81. The number of amides is 3. The van der Waals surface area contributed by atoms with Crippen LogP contribution in [0.5, 0.6) is 0 Å². The van der Waals surface area contributed by atoms with Crippen LogP contribution in [0.3, 0.4) is 0 Å². The lowest BCUT2D eigenvalue weighted by Gasteiger charge is -2.22. The monoisotopic (exact) mass is 454 g/mol. The van der Waals surface area contributed by atoms with Gasteiger partial charge >= 0.3 is 5.97 Å². The van der Waals surface area contributed by atoms with Crippen molar-refractivity contribution < 1.29 is 23.9 Å². The highest BCUT2D eigenvalue weighted by Crippen LogP contribution is 2.38. The van der Waals surface area contributed by atoms with Gasteiger partial charge in [0.1, 0.15) is 6.04 Å². The van der Waals surface area contributed by atoms with Crippen molar-refractivity contribution in [2.24, 2.45) is 11.8 Å². The van der Waals surface area contributed by atoms with E-state index in [1.807, 2.05) is 0 Å². The summed E-state index contributed by atoms with van der Waals surface area (Å²) in [6, 6.07) is 3.99. The number of carbonyl (C=O) groups is 4. The van der Waals surface area contributed by atoms with Gasteiger partial charge in [0.05, 0.1) is 21.9 Å². The highest BCUT2D eigenvalue weighted by atomic mass is 35.5. The Bertz CT molecular complexity index is 851. The third kappa shape index (κ3) is 4.62. The van der Waals surface area contributed by atoms with Crippen molar-refractivity contribution in [3.05, 3.63) is 33.8 Å². The summed E-state index contributed by atoms with van der Waals surface area (Å²) in [5.74, 6) is -2.48. The Hall–Kier alpha value is -2.12. The molecule has 0 radical (unpaired) electrons. The van der Waals surface area contributed by atoms with E-state index in [1.165, 1.54) is 11.8 Å². The average molecular weight is 455 g/mol. The van der Waals surface area contributed by atoms with E-state index in [1.54, 1.807) is 25.2 Å². The van der Waals surface area contributed by atoms with Crippen LogP contribution < -0.4 is 0 Å². The molecule has 2 unspecified atom stereocenters. The first-order valence-electron chi connectivity index (χ1n) is 9.92. The largest absolute Gasteiger partial charge is 0.454 e. The predicted octanol–water partition coefficient (Wildman–Crippen LogP) is 3.06. The van der Waals surface area contributed by atoms with Gasteiger partial charge in [-0.15, -0.1) is 0 Å². The van der Waals surface area contributed by atoms with Crippen LogP contribution in [0.15, 0.2) is 18.2 Å². The number of hydrogen-bond donors (Lipinski definition) is 0. The van der Waals surface area contributed by atoms with E-state index in [4.69, 9.17) is 27.9 Å². The molecule has 0 spiro atoms. The van der Waals surface area contributed by atoms with Gasteiger partial charge < -0.3 is 9.64 Å². The summed E-state index contributed by atoms with van der Waals surface area (Å²) < 4.78 is 5.11. The Morgan fingerprint density at radius 1 is 1.13 bits per heavy atom. The molecule has 3 rings (SSSR count). The summed E-state index contributed by atoms with van der Waals surface area (Å²) in [5, 5.41) is 0.805. The quantitative estimate of drug-likeness (QED) is 0.487. The molecule has 1 saturated carbocycles. The van der Waals surface area contributed by atoms with E-state index in [2.05, 4.69) is 0 Å². The maximum absolute atomic E-state index is 12.6. The van der Waals surface area contributed by atoms with Crippen molar-refractivity contribution in [1.29, 1.82) is 0 Å². The first-order valence-corrected chi connectivity index (χ1v) is 10.7. The van der Waals surface area contributed by atoms with Gasteiger partial charge in [0.25, 0.3) is 5.91 Å². The average Bonchev–Trinajstić information content (AvgIpc) is 2.98. The molecule has 0 N–H and O–H groups in total. The molecule has 0 bridgehead atoms. The summed E-state index contributed by atoms with van der Waals surface area (Å²) >= 11 is 11.9. The smallest absolute Gasteiger partial charge is 0.329 e.